The van der Waals surface area contributed by atoms with E-state index in [2.05, 4.69) is 34.2 Å². The molecule has 1 aromatic carbocycles. The zero-order chi connectivity index (χ0) is 13.7. The van der Waals surface area contributed by atoms with E-state index in [9.17, 15) is 0 Å². The van der Waals surface area contributed by atoms with Gasteiger partial charge in [0, 0.05) is 16.6 Å². The van der Waals surface area contributed by atoms with Gasteiger partial charge in [-0.3, -0.25) is 0 Å². The predicted octanol–water partition coefficient (Wildman–Crippen LogP) is 4.37. The molecule has 106 valence electrons. The lowest BCUT2D eigenvalue weighted by Crippen LogP contribution is -2.25. The van der Waals surface area contributed by atoms with Crippen LogP contribution in [0.2, 0.25) is 0 Å². The van der Waals surface area contributed by atoms with Crippen molar-refractivity contribution in [3.63, 3.8) is 0 Å². The number of halogens is 1. The Morgan fingerprint density at radius 2 is 2.00 bits per heavy atom. The number of nitrogens with one attached hydrogen (secondary N) is 1. The molecule has 0 amide bonds. The van der Waals surface area contributed by atoms with Gasteiger partial charge in [-0.05, 0) is 49.4 Å². The Bertz CT molecular complexity index is 400. The normalized spacial score (nSPS) is 23.3. The smallest absolute Gasteiger partial charge is 0.123 e. The fourth-order valence-electron chi connectivity index (χ4n) is 2.83. The molecule has 0 saturated heterocycles. The summed E-state index contributed by atoms with van der Waals surface area (Å²) in [5.41, 5.74) is 1.22. The van der Waals surface area contributed by atoms with E-state index in [1.165, 1.54) is 31.2 Å². The molecule has 0 atom stereocenters. The fourth-order valence-corrected chi connectivity index (χ4v) is 3.24. The number of hydrogen-bond donors (Lipinski definition) is 1. The standard InChI is InChI=1S/C16H24BrNO/c1-12-3-5-13(6-4-12)10-18-11-14-9-15(17)7-8-16(14)19-2/h7-9,12-13,18H,3-6,10-11H2,1-2H3. The first-order valence-corrected chi connectivity index (χ1v) is 8.01. The average Bonchev–Trinajstić information content (AvgIpc) is 2.41. The molecule has 0 unspecified atom stereocenters. The van der Waals surface area contributed by atoms with Crippen LogP contribution in [0.5, 0.6) is 5.75 Å². The molecule has 0 aliphatic heterocycles. The number of methoxy groups -OCH3 is 1. The van der Waals surface area contributed by atoms with E-state index in [0.29, 0.717) is 0 Å². The third kappa shape index (κ3) is 4.50. The Hall–Kier alpha value is -0.540. The van der Waals surface area contributed by atoms with Crippen LogP contribution in [0, 0.1) is 11.8 Å². The molecule has 1 saturated carbocycles. The van der Waals surface area contributed by atoms with Gasteiger partial charge in [-0.25, -0.2) is 0 Å². The zero-order valence-corrected chi connectivity index (χ0v) is 13.5. The molecule has 0 radical (unpaired) electrons. The van der Waals surface area contributed by atoms with Crippen LogP contribution in [-0.4, -0.2) is 13.7 Å². The van der Waals surface area contributed by atoms with E-state index >= 15 is 0 Å². The van der Waals surface area contributed by atoms with Gasteiger partial charge >= 0.3 is 0 Å². The van der Waals surface area contributed by atoms with Crippen LogP contribution in [0.15, 0.2) is 22.7 Å². The third-order valence-electron chi connectivity index (χ3n) is 4.13. The second-order valence-electron chi connectivity index (χ2n) is 5.71. The van der Waals surface area contributed by atoms with E-state index in [4.69, 9.17) is 4.74 Å². The summed E-state index contributed by atoms with van der Waals surface area (Å²) in [6.07, 6.45) is 5.55. The van der Waals surface area contributed by atoms with Crippen molar-refractivity contribution in [3.8, 4) is 5.75 Å². The Labute approximate surface area is 125 Å². The van der Waals surface area contributed by atoms with Crippen LogP contribution >= 0.6 is 15.9 Å². The second-order valence-corrected chi connectivity index (χ2v) is 6.63. The largest absolute Gasteiger partial charge is 0.496 e. The lowest BCUT2D eigenvalue weighted by atomic mass is 9.83. The van der Waals surface area contributed by atoms with E-state index in [1.54, 1.807) is 7.11 Å². The fraction of sp³-hybridized carbons (Fsp3) is 0.625. The Morgan fingerprint density at radius 1 is 1.26 bits per heavy atom. The molecule has 1 fully saturated rings. The summed E-state index contributed by atoms with van der Waals surface area (Å²) in [6.45, 7) is 4.38. The molecule has 2 nitrogen and oxygen atoms in total. The minimum absolute atomic E-state index is 0.856. The molecule has 0 spiro atoms. The van der Waals surface area contributed by atoms with Crippen molar-refractivity contribution >= 4 is 15.9 Å². The van der Waals surface area contributed by atoms with Crippen LogP contribution in [0.4, 0.5) is 0 Å². The third-order valence-corrected chi connectivity index (χ3v) is 4.62. The van der Waals surface area contributed by atoms with Gasteiger partial charge in [-0.15, -0.1) is 0 Å². The second kappa shape index (κ2) is 7.30. The molecule has 0 aromatic heterocycles. The van der Waals surface area contributed by atoms with Crippen molar-refractivity contribution in [2.75, 3.05) is 13.7 Å². The van der Waals surface area contributed by atoms with Crippen LogP contribution < -0.4 is 10.1 Å². The van der Waals surface area contributed by atoms with E-state index in [1.807, 2.05) is 12.1 Å². The lowest BCUT2D eigenvalue weighted by Gasteiger charge is -2.26. The van der Waals surface area contributed by atoms with Gasteiger partial charge in [0.1, 0.15) is 5.75 Å². The summed E-state index contributed by atoms with van der Waals surface area (Å²) >= 11 is 3.52. The van der Waals surface area contributed by atoms with Gasteiger partial charge in [0.2, 0.25) is 0 Å². The Kier molecular flexibility index (Phi) is 5.71. The molecule has 1 aliphatic carbocycles. The van der Waals surface area contributed by atoms with E-state index < -0.39 is 0 Å². The molecule has 1 N–H and O–H groups in total. The van der Waals surface area contributed by atoms with Crippen molar-refractivity contribution in [1.82, 2.24) is 5.32 Å². The van der Waals surface area contributed by atoms with Gasteiger partial charge in [0.25, 0.3) is 0 Å². The molecule has 19 heavy (non-hydrogen) atoms. The van der Waals surface area contributed by atoms with Crippen LogP contribution in [-0.2, 0) is 6.54 Å². The van der Waals surface area contributed by atoms with Gasteiger partial charge in [0.05, 0.1) is 7.11 Å². The van der Waals surface area contributed by atoms with E-state index in [0.717, 1.165) is 35.1 Å². The summed E-state index contributed by atoms with van der Waals surface area (Å²) in [5, 5.41) is 3.59. The van der Waals surface area contributed by atoms with Crippen LogP contribution in [0.25, 0.3) is 0 Å². The summed E-state index contributed by atoms with van der Waals surface area (Å²) in [4.78, 5) is 0. The van der Waals surface area contributed by atoms with E-state index in [-0.39, 0.29) is 0 Å². The SMILES string of the molecule is COc1ccc(Br)cc1CNCC1CCC(C)CC1. The number of rotatable bonds is 5. The first-order valence-electron chi connectivity index (χ1n) is 7.22. The van der Waals surface area contributed by atoms with Crippen molar-refractivity contribution < 1.29 is 4.74 Å². The summed E-state index contributed by atoms with van der Waals surface area (Å²) < 4.78 is 6.50. The monoisotopic (exact) mass is 325 g/mol. The first-order chi connectivity index (χ1) is 9.19. The minimum atomic E-state index is 0.856. The van der Waals surface area contributed by atoms with Crippen molar-refractivity contribution in [1.29, 1.82) is 0 Å². The first kappa shape index (κ1) is 14.9. The van der Waals surface area contributed by atoms with Crippen LogP contribution in [0.3, 0.4) is 0 Å². The lowest BCUT2D eigenvalue weighted by molar-refractivity contribution is 0.281. The average molecular weight is 326 g/mol. The highest BCUT2D eigenvalue weighted by molar-refractivity contribution is 9.10. The summed E-state index contributed by atoms with van der Waals surface area (Å²) in [5.74, 6) is 2.75. The highest BCUT2D eigenvalue weighted by Gasteiger charge is 2.17. The Balaban J connectivity index is 1.80. The molecule has 0 bridgehead atoms. The minimum Gasteiger partial charge on any atom is -0.496 e. The zero-order valence-electron chi connectivity index (χ0n) is 11.9. The highest BCUT2D eigenvalue weighted by Crippen LogP contribution is 2.28. The van der Waals surface area contributed by atoms with Crippen LogP contribution in [0.1, 0.15) is 38.2 Å². The van der Waals surface area contributed by atoms with Gasteiger partial charge in [-0.2, -0.15) is 0 Å². The molecule has 3 heteroatoms. The summed E-state index contributed by atoms with van der Waals surface area (Å²) in [7, 11) is 1.73. The van der Waals surface area contributed by atoms with Gasteiger partial charge < -0.3 is 10.1 Å². The summed E-state index contributed by atoms with van der Waals surface area (Å²) in [6, 6.07) is 6.17. The Morgan fingerprint density at radius 3 is 2.68 bits per heavy atom. The molecule has 1 aliphatic rings. The molecule has 0 heterocycles. The predicted molar refractivity (Wildman–Crippen MR) is 83.5 cm³/mol. The van der Waals surface area contributed by atoms with Crippen molar-refractivity contribution in [3.05, 3.63) is 28.2 Å². The van der Waals surface area contributed by atoms with Crippen molar-refractivity contribution in [2.45, 2.75) is 39.2 Å². The van der Waals surface area contributed by atoms with Gasteiger partial charge in [0.15, 0.2) is 0 Å². The number of benzene rings is 1. The van der Waals surface area contributed by atoms with Crippen molar-refractivity contribution in [2.24, 2.45) is 11.8 Å². The molecule has 2 rings (SSSR count). The highest BCUT2D eigenvalue weighted by atomic mass is 79.9. The molecular formula is C16H24BrNO. The quantitative estimate of drug-likeness (QED) is 0.867. The maximum absolute atomic E-state index is 5.40. The van der Waals surface area contributed by atoms with Gasteiger partial charge in [-0.1, -0.05) is 35.7 Å². The number of hydrogen-bond acceptors (Lipinski definition) is 2. The maximum atomic E-state index is 5.40. The number of ether oxygens (including phenoxy) is 1. The maximum Gasteiger partial charge on any atom is 0.123 e. The molecule has 1 aromatic rings. The molecular weight excluding hydrogens is 302 g/mol. The topological polar surface area (TPSA) is 21.3 Å².